The lowest BCUT2D eigenvalue weighted by molar-refractivity contribution is 0.607. The number of halogens is 1. The second-order valence-corrected chi connectivity index (χ2v) is 6.80. The van der Waals surface area contributed by atoms with E-state index in [0.29, 0.717) is 11.4 Å². The van der Waals surface area contributed by atoms with Crippen LogP contribution in [0.4, 0.5) is 33.2 Å². The highest BCUT2D eigenvalue weighted by Crippen LogP contribution is 2.27. The van der Waals surface area contributed by atoms with Crippen molar-refractivity contribution in [3.05, 3.63) is 48.7 Å². The van der Waals surface area contributed by atoms with E-state index in [9.17, 15) is 12.8 Å². The van der Waals surface area contributed by atoms with E-state index in [1.807, 2.05) is 0 Å². The van der Waals surface area contributed by atoms with E-state index in [1.165, 1.54) is 6.20 Å². The molecule has 0 atom stereocenters. The Labute approximate surface area is 142 Å². The van der Waals surface area contributed by atoms with Crippen LogP contribution in [0.1, 0.15) is 0 Å². The van der Waals surface area contributed by atoms with Crippen molar-refractivity contribution >= 4 is 38.9 Å². The number of aromatic amines is 1. The van der Waals surface area contributed by atoms with E-state index in [1.54, 1.807) is 30.5 Å². The Morgan fingerprint density at radius 2 is 1.88 bits per heavy atom. The molecule has 0 saturated heterocycles. The summed E-state index contributed by atoms with van der Waals surface area (Å²) in [6.07, 6.45) is 5.14. The van der Waals surface area contributed by atoms with Gasteiger partial charge in [-0.1, -0.05) is 12.1 Å². The standard InChI is InChI=1S/C14H14FN7O2S/c1-25(23,24)22-12-5-3-2-4-11(12)20-13-10(15)8-16-14(21-13)19-9-6-17-18-7-9/h2-8,22H,1H3,(H,17,18)(H2,16,19,20,21). The highest BCUT2D eigenvalue weighted by atomic mass is 32.2. The van der Waals surface area contributed by atoms with Gasteiger partial charge in [0.1, 0.15) is 0 Å². The molecule has 130 valence electrons. The van der Waals surface area contributed by atoms with Gasteiger partial charge in [-0.05, 0) is 12.1 Å². The zero-order chi connectivity index (χ0) is 17.9. The van der Waals surface area contributed by atoms with Gasteiger partial charge in [0.05, 0.1) is 35.7 Å². The molecular weight excluding hydrogens is 349 g/mol. The molecule has 1 aromatic carbocycles. The maximum absolute atomic E-state index is 14.0. The van der Waals surface area contributed by atoms with Crippen molar-refractivity contribution in [1.29, 1.82) is 0 Å². The van der Waals surface area contributed by atoms with Crippen molar-refractivity contribution in [2.45, 2.75) is 0 Å². The van der Waals surface area contributed by atoms with Crippen LogP contribution in [0.15, 0.2) is 42.9 Å². The number of rotatable bonds is 6. The molecule has 3 aromatic rings. The van der Waals surface area contributed by atoms with Crippen LogP contribution >= 0.6 is 0 Å². The number of aromatic nitrogens is 4. The average Bonchev–Trinajstić information content (AvgIpc) is 3.04. The second-order valence-electron chi connectivity index (χ2n) is 5.05. The Balaban J connectivity index is 1.88. The van der Waals surface area contributed by atoms with Crippen LogP contribution in [0.3, 0.4) is 0 Å². The Kier molecular flexibility index (Phi) is 4.48. The first-order valence-electron chi connectivity index (χ1n) is 7.03. The summed E-state index contributed by atoms with van der Waals surface area (Å²) >= 11 is 0. The Hall–Kier alpha value is -3.21. The van der Waals surface area contributed by atoms with Crippen LogP contribution in [-0.4, -0.2) is 34.8 Å². The maximum atomic E-state index is 14.0. The first-order chi connectivity index (χ1) is 11.9. The maximum Gasteiger partial charge on any atom is 0.229 e. The van der Waals surface area contributed by atoms with Crippen molar-refractivity contribution < 1.29 is 12.8 Å². The van der Waals surface area contributed by atoms with Gasteiger partial charge >= 0.3 is 0 Å². The molecule has 2 heterocycles. The summed E-state index contributed by atoms with van der Waals surface area (Å²) in [4.78, 5) is 7.90. The molecule has 9 nitrogen and oxygen atoms in total. The fourth-order valence-corrected chi connectivity index (χ4v) is 2.55. The minimum Gasteiger partial charge on any atom is -0.336 e. The van der Waals surface area contributed by atoms with Crippen LogP contribution in [0.2, 0.25) is 0 Å². The van der Waals surface area contributed by atoms with Crippen molar-refractivity contribution in [1.82, 2.24) is 20.2 Å². The number of hydrogen-bond donors (Lipinski definition) is 4. The third kappa shape index (κ3) is 4.41. The molecule has 0 saturated carbocycles. The lowest BCUT2D eigenvalue weighted by Gasteiger charge is -2.13. The number of para-hydroxylation sites is 2. The molecule has 3 rings (SSSR count). The van der Waals surface area contributed by atoms with E-state index in [4.69, 9.17) is 0 Å². The van der Waals surface area contributed by atoms with E-state index in [-0.39, 0.29) is 17.5 Å². The van der Waals surface area contributed by atoms with E-state index in [0.717, 1.165) is 12.5 Å². The van der Waals surface area contributed by atoms with Gasteiger partial charge < -0.3 is 10.6 Å². The molecule has 0 radical (unpaired) electrons. The number of H-pyrrole nitrogens is 1. The molecule has 0 aliphatic rings. The number of hydrogen-bond acceptors (Lipinski definition) is 7. The lowest BCUT2D eigenvalue weighted by atomic mass is 10.2. The van der Waals surface area contributed by atoms with Crippen LogP contribution in [-0.2, 0) is 10.0 Å². The second kappa shape index (κ2) is 6.73. The molecule has 0 unspecified atom stereocenters. The number of benzene rings is 1. The summed E-state index contributed by atoms with van der Waals surface area (Å²) in [6, 6.07) is 6.48. The zero-order valence-electron chi connectivity index (χ0n) is 13.0. The lowest BCUT2D eigenvalue weighted by Crippen LogP contribution is -2.11. The highest BCUT2D eigenvalue weighted by Gasteiger charge is 2.12. The summed E-state index contributed by atoms with van der Waals surface area (Å²) in [7, 11) is -3.48. The number of sulfonamides is 1. The van der Waals surface area contributed by atoms with Crippen LogP contribution in [0.5, 0.6) is 0 Å². The topological polar surface area (TPSA) is 125 Å². The first-order valence-corrected chi connectivity index (χ1v) is 8.92. The predicted octanol–water partition coefficient (Wildman–Crippen LogP) is 2.20. The van der Waals surface area contributed by atoms with Crippen LogP contribution in [0, 0.1) is 5.82 Å². The molecule has 0 fully saturated rings. The first kappa shape index (κ1) is 16.6. The van der Waals surface area contributed by atoms with Crippen molar-refractivity contribution in [2.75, 3.05) is 21.6 Å². The Morgan fingerprint density at radius 1 is 1.12 bits per heavy atom. The third-order valence-electron chi connectivity index (χ3n) is 2.97. The molecule has 0 aliphatic heterocycles. The molecule has 0 spiro atoms. The fraction of sp³-hybridized carbons (Fsp3) is 0.0714. The molecular formula is C14H14FN7O2S. The summed E-state index contributed by atoms with van der Waals surface area (Å²) in [5.41, 5.74) is 1.23. The average molecular weight is 363 g/mol. The van der Waals surface area contributed by atoms with Gasteiger partial charge in [0.15, 0.2) is 11.6 Å². The number of nitrogens with zero attached hydrogens (tertiary/aromatic N) is 3. The molecule has 25 heavy (non-hydrogen) atoms. The van der Waals surface area contributed by atoms with E-state index >= 15 is 0 Å². The minimum atomic E-state index is -3.48. The Morgan fingerprint density at radius 3 is 2.56 bits per heavy atom. The van der Waals surface area contributed by atoms with Gasteiger partial charge in [0, 0.05) is 6.20 Å². The number of anilines is 5. The van der Waals surface area contributed by atoms with Crippen molar-refractivity contribution in [3.8, 4) is 0 Å². The summed E-state index contributed by atoms with van der Waals surface area (Å²) < 4.78 is 39.3. The minimum absolute atomic E-state index is 0.108. The molecule has 11 heteroatoms. The molecule has 4 N–H and O–H groups in total. The third-order valence-corrected chi connectivity index (χ3v) is 3.56. The van der Waals surface area contributed by atoms with E-state index < -0.39 is 15.8 Å². The monoisotopic (exact) mass is 363 g/mol. The Bertz CT molecular complexity index is 977. The van der Waals surface area contributed by atoms with Gasteiger partial charge in [-0.15, -0.1) is 0 Å². The van der Waals surface area contributed by atoms with E-state index in [2.05, 4.69) is 35.5 Å². The summed E-state index contributed by atoms with van der Waals surface area (Å²) in [6.45, 7) is 0. The van der Waals surface area contributed by atoms with Gasteiger partial charge in [-0.3, -0.25) is 9.82 Å². The zero-order valence-corrected chi connectivity index (χ0v) is 13.8. The van der Waals surface area contributed by atoms with Gasteiger partial charge in [0.2, 0.25) is 16.0 Å². The molecule has 2 aromatic heterocycles. The number of nitrogens with one attached hydrogen (secondary N) is 4. The van der Waals surface area contributed by atoms with Crippen molar-refractivity contribution in [2.24, 2.45) is 0 Å². The summed E-state index contributed by atoms with van der Waals surface area (Å²) in [5.74, 6) is -0.644. The molecule has 0 bridgehead atoms. The van der Waals surface area contributed by atoms with Gasteiger partial charge in [0.25, 0.3) is 0 Å². The molecule has 0 aliphatic carbocycles. The quantitative estimate of drug-likeness (QED) is 0.529. The fourth-order valence-electron chi connectivity index (χ4n) is 1.97. The largest absolute Gasteiger partial charge is 0.336 e. The van der Waals surface area contributed by atoms with Gasteiger partial charge in [-0.25, -0.2) is 17.8 Å². The highest BCUT2D eigenvalue weighted by molar-refractivity contribution is 7.92. The predicted molar refractivity (Wildman–Crippen MR) is 92.1 cm³/mol. The van der Waals surface area contributed by atoms with Crippen LogP contribution < -0.4 is 15.4 Å². The summed E-state index contributed by atoms with van der Waals surface area (Å²) in [5, 5.41) is 12.0. The normalized spacial score (nSPS) is 11.1. The van der Waals surface area contributed by atoms with Crippen LogP contribution in [0.25, 0.3) is 0 Å². The van der Waals surface area contributed by atoms with Gasteiger partial charge in [-0.2, -0.15) is 10.1 Å². The smallest absolute Gasteiger partial charge is 0.229 e. The van der Waals surface area contributed by atoms with Crippen molar-refractivity contribution in [3.63, 3.8) is 0 Å². The SMILES string of the molecule is CS(=O)(=O)Nc1ccccc1Nc1nc(Nc2cn[nH]c2)ncc1F. The molecule has 0 amide bonds.